The van der Waals surface area contributed by atoms with Crippen LogP contribution in [0.4, 0.5) is 5.95 Å². The van der Waals surface area contributed by atoms with Gasteiger partial charge in [0, 0.05) is 23.7 Å². The van der Waals surface area contributed by atoms with Crippen molar-refractivity contribution in [2.45, 2.75) is 24.8 Å². The minimum absolute atomic E-state index is 0.524. The zero-order valence-electron chi connectivity index (χ0n) is 13.5. The fourth-order valence-electron chi connectivity index (χ4n) is 2.07. The zero-order valence-corrected chi connectivity index (χ0v) is 14.3. The van der Waals surface area contributed by atoms with E-state index in [1.807, 2.05) is 31.2 Å². The van der Waals surface area contributed by atoms with E-state index in [2.05, 4.69) is 49.7 Å². The number of H-pyrrole nitrogens is 1. The Kier molecular flexibility index (Phi) is 5.22. The molecule has 0 atom stereocenters. The largest absolute Gasteiger partial charge is 0.265 e. The van der Waals surface area contributed by atoms with Crippen molar-refractivity contribution in [1.29, 1.82) is 0 Å². The predicted molar refractivity (Wildman–Crippen MR) is 97.2 cm³/mol. The Bertz CT molecular complexity index is 828. The molecule has 0 saturated heterocycles. The first-order valence-electron chi connectivity index (χ1n) is 7.53. The van der Waals surface area contributed by atoms with Crippen LogP contribution in [0.2, 0.25) is 0 Å². The van der Waals surface area contributed by atoms with Crippen molar-refractivity contribution in [2.75, 3.05) is 5.43 Å². The third-order valence-electron chi connectivity index (χ3n) is 3.51. The van der Waals surface area contributed by atoms with Crippen LogP contribution in [0.1, 0.15) is 23.6 Å². The van der Waals surface area contributed by atoms with Crippen LogP contribution in [0.15, 0.2) is 59.0 Å². The summed E-state index contributed by atoms with van der Waals surface area (Å²) in [7, 11) is 0. The summed E-state index contributed by atoms with van der Waals surface area (Å²) in [5.41, 5.74) is 7.31. The maximum Gasteiger partial charge on any atom is 0.240 e. The van der Waals surface area contributed by atoms with Crippen LogP contribution in [-0.2, 0) is 5.75 Å². The Balaban J connectivity index is 1.59. The maximum atomic E-state index is 4.39. The number of hydrogen-bond acceptors (Lipinski definition) is 6. The second-order valence-corrected chi connectivity index (χ2v) is 6.17. The normalized spacial score (nSPS) is 11.5. The van der Waals surface area contributed by atoms with E-state index in [1.165, 1.54) is 11.1 Å². The van der Waals surface area contributed by atoms with Crippen LogP contribution in [0.5, 0.6) is 0 Å². The summed E-state index contributed by atoms with van der Waals surface area (Å²) in [6, 6.07) is 12.1. The van der Waals surface area contributed by atoms with E-state index in [4.69, 9.17) is 0 Å². The van der Waals surface area contributed by atoms with Gasteiger partial charge in [0.15, 0.2) is 0 Å². The second kappa shape index (κ2) is 7.74. The number of aryl methyl sites for hydroxylation is 1. The van der Waals surface area contributed by atoms with Gasteiger partial charge < -0.3 is 0 Å². The predicted octanol–water partition coefficient (Wildman–Crippen LogP) is 3.64. The maximum absolute atomic E-state index is 4.39. The van der Waals surface area contributed by atoms with Crippen LogP contribution in [0, 0.1) is 6.92 Å². The van der Waals surface area contributed by atoms with Gasteiger partial charge in [-0.2, -0.15) is 10.1 Å². The molecule has 1 aromatic carbocycles. The van der Waals surface area contributed by atoms with Gasteiger partial charge in [-0.05, 0) is 37.1 Å². The van der Waals surface area contributed by atoms with Crippen LogP contribution < -0.4 is 5.43 Å². The molecule has 0 aliphatic heterocycles. The molecule has 6 nitrogen and oxygen atoms in total. The Hall–Kier alpha value is -2.67. The third kappa shape index (κ3) is 4.20. The molecule has 0 radical (unpaired) electrons. The van der Waals surface area contributed by atoms with Gasteiger partial charge in [-0.3, -0.25) is 4.98 Å². The Morgan fingerprint density at radius 3 is 2.79 bits per heavy atom. The molecule has 3 aromatic rings. The SMILES string of the molecule is C/C(=N\Nc1nc(SCc2ccccc2C)n[nH]1)c1ccncc1. The molecule has 0 unspecified atom stereocenters. The smallest absolute Gasteiger partial charge is 0.240 e. The first-order chi connectivity index (χ1) is 11.7. The molecule has 0 aliphatic rings. The minimum Gasteiger partial charge on any atom is -0.265 e. The van der Waals surface area contributed by atoms with Crippen molar-refractivity contribution in [3.05, 3.63) is 65.5 Å². The van der Waals surface area contributed by atoms with Gasteiger partial charge in [0.25, 0.3) is 0 Å². The van der Waals surface area contributed by atoms with Crippen LogP contribution in [0.3, 0.4) is 0 Å². The van der Waals surface area contributed by atoms with Gasteiger partial charge in [0.05, 0.1) is 5.71 Å². The molecule has 0 amide bonds. The summed E-state index contributed by atoms with van der Waals surface area (Å²) >= 11 is 1.59. The van der Waals surface area contributed by atoms with Crippen LogP contribution >= 0.6 is 11.8 Å². The number of pyridine rings is 1. The van der Waals surface area contributed by atoms with Crippen LogP contribution in [-0.4, -0.2) is 25.9 Å². The molecule has 7 heteroatoms. The first-order valence-corrected chi connectivity index (χ1v) is 8.51. The van der Waals surface area contributed by atoms with Crippen molar-refractivity contribution in [1.82, 2.24) is 20.2 Å². The molecular formula is C17H18N6S. The molecule has 0 bridgehead atoms. The van der Waals surface area contributed by atoms with Crippen molar-refractivity contribution in [2.24, 2.45) is 5.10 Å². The number of hydrazone groups is 1. The standard InChI is InChI=1S/C17H18N6S/c1-12-5-3-4-6-15(12)11-24-17-19-16(22-23-17)21-20-13(2)14-7-9-18-10-8-14/h3-10H,11H2,1-2H3,(H2,19,21,22,23)/b20-13+. The lowest BCUT2D eigenvalue weighted by Crippen LogP contribution is -2.00. The lowest BCUT2D eigenvalue weighted by molar-refractivity contribution is 0.972. The quantitative estimate of drug-likeness (QED) is 0.407. The summed E-state index contributed by atoms with van der Waals surface area (Å²) in [5, 5.41) is 12.0. The van der Waals surface area contributed by atoms with Gasteiger partial charge in [-0.1, -0.05) is 36.0 Å². The van der Waals surface area contributed by atoms with E-state index in [1.54, 1.807) is 24.2 Å². The number of aromatic amines is 1. The van der Waals surface area contributed by atoms with Crippen molar-refractivity contribution < 1.29 is 0 Å². The molecule has 0 aliphatic carbocycles. The molecule has 2 aromatic heterocycles. The topological polar surface area (TPSA) is 78.9 Å². The lowest BCUT2D eigenvalue weighted by atomic mass is 10.1. The zero-order chi connectivity index (χ0) is 16.8. The van der Waals surface area contributed by atoms with E-state index in [0.717, 1.165) is 17.0 Å². The van der Waals surface area contributed by atoms with Gasteiger partial charge in [-0.15, -0.1) is 5.10 Å². The second-order valence-electron chi connectivity index (χ2n) is 5.23. The number of anilines is 1. The van der Waals surface area contributed by atoms with E-state index in [-0.39, 0.29) is 0 Å². The van der Waals surface area contributed by atoms with Crippen LogP contribution in [0.25, 0.3) is 0 Å². The number of thioether (sulfide) groups is 1. The van der Waals surface area contributed by atoms with Crippen molar-refractivity contribution in [3.63, 3.8) is 0 Å². The Morgan fingerprint density at radius 1 is 1.21 bits per heavy atom. The average Bonchev–Trinajstić information content (AvgIpc) is 3.08. The van der Waals surface area contributed by atoms with E-state index >= 15 is 0 Å². The molecule has 3 rings (SSSR count). The highest BCUT2D eigenvalue weighted by Gasteiger charge is 2.05. The van der Waals surface area contributed by atoms with E-state index < -0.39 is 0 Å². The summed E-state index contributed by atoms with van der Waals surface area (Å²) in [6.07, 6.45) is 3.48. The summed E-state index contributed by atoms with van der Waals surface area (Å²) in [5.74, 6) is 1.36. The highest BCUT2D eigenvalue weighted by atomic mass is 32.2. The Morgan fingerprint density at radius 2 is 2.00 bits per heavy atom. The van der Waals surface area contributed by atoms with Crippen molar-refractivity contribution in [3.8, 4) is 0 Å². The summed E-state index contributed by atoms with van der Waals surface area (Å²) in [4.78, 5) is 8.38. The number of benzene rings is 1. The number of aromatic nitrogens is 4. The minimum atomic E-state index is 0.524. The highest BCUT2D eigenvalue weighted by Crippen LogP contribution is 2.21. The fraction of sp³-hybridized carbons (Fsp3) is 0.176. The van der Waals surface area contributed by atoms with E-state index in [9.17, 15) is 0 Å². The lowest BCUT2D eigenvalue weighted by Gasteiger charge is -2.02. The van der Waals surface area contributed by atoms with Gasteiger partial charge in [-0.25, -0.2) is 10.5 Å². The van der Waals surface area contributed by atoms with E-state index in [0.29, 0.717) is 11.1 Å². The molecule has 24 heavy (non-hydrogen) atoms. The third-order valence-corrected chi connectivity index (χ3v) is 4.41. The Labute approximate surface area is 144 Å². The number of rotatable bonds is 6. The average molecular weight is 338 g/mol. The molecule has 0 fully saturated rings. The molecule has 0 spiro atoms. The molecule has 122 valence electrons. The molecule has 0 saturated carbocycles. The van der Waals surface area contributed by atoms with Gasteiger partial charge in [0.1, 0.15) is 0 Å². The molecular weight excluding hydrogens is 320 g/mol. The first kappa shape index (κ1) is 16.2. The summed E-state index contributed by atoms with van der Waals surface area (Å²) < 4.78 is 0. The monoisotopic (exact) mass is 338 g/mol. The highest BCUT2D eigenvalue weighted by molar-refractivity contribution is 7.98. The number of hydrogen-bond donors (Lipinski definition) is 2. The number of nitrogens with zero attached hydrogens (tertiary/aromatic N) is 4. The molecule has 2 N–H and O–H groups in total. The van der Waals surface area contributed by atoms with Gasteiger partial charge in [0.2, 0.25) is 11.1 Å². The molecule has 2 heterocycles. The number of nitrogens with one attached hydrogen (secondary N) is 2. The fourth-order valence-corrected chi connectivity index (χ4v) is 2.94. The summed E-state index contributed by atoms with van der Waals surface area (Å²) in [6.45, 7) is 4.03. The van der Waals surface area contributed by atoms with Gasteiger partial charge >= 0.3 is 0 Å². The van der Waals surface area contributed by atoms with Crippen molar-refractivity contribution >= 4 is 23.4 Å².